The fourth-order valence-electron chi connectivity index (χ4n) is 8.78. The Morgan fingerprint density at radius 3 is 1.65 bits per heavy atom. The highest BCUT2D eigenvalue weighted by molar-refractivity contribution is 7.27. The molecule has 4 heterocycles. The summed E-state index contributed by atoms with van der Waals surface area (Å²) < 4.78 is 7.55. The van der Waals surface area contributed by atoms with Crippen molar-refractivity contribution >= 4 is 86.0 Å². The fraction of sp³-hybridized carbons (Fsp3) is 0. The molecule has 0 aliphatic rings. The van der Waals surface area contributed by atoms with Gasteiger partial charge in [0.2, 0.25) is 0 Å². The lowest BCUT2D eigenvalue weighted by Crippen LogP contribution is -1.97. The molecular formula is C50H30N4S. The summed E-state index contributed by atoms with van der Waals surface area (Å²) in [6.45, 7) is 0. The first-order valence-electron chi connectivity index (χ1n) is 18.6. The second-order valence-corrected chi connectivity index (χ2v) is 15.2. The van der Waals surface area contributed by atoms with E-state index in [-0.39, 0.29) is 0 Å². The third kappa shape index (κ3) is 4.39. The van der Waals surface area contributed by atoms with Gasteiger partial charge in [-0.25, -0.2) is 9.97 Å². The van der Waals surface area contributed by atoms with Gasteiger partial charge in [0.05, 0.1) is 38.0 Å². The van der Waals surface area contributed by atoms with Crippen LogP contribution in [0.25, 0.3) is 109 Å². The van der Waals surface area contributed by atoms with Crippen molar-refractivity contribution in [2.45, 2.75) is 0 Å². The molecule has 8 aromatic carbocycles. The zero-order valence-electron chi connectivity index (χ0n) is 29.5. The van der Waals surface area contributed by atoms with Crippen LogP contribution >= 0.6 is 11.3 Å². The lowest BCUT2D eigenvalue weighted by molar-refractivity contribution is 1.18. The zero-order valence-corrected chi connectivity index (χ0v) is 30.3. The van der Waals surface area contributed by atoms with Crippen LogP contribution in [0.3, 0.4) is 0 Å². The summed E-state index contributed by atoms with van der Waals surface area (Å²) in [6, 6.07) is 65.0. The highest BCUT2D eigenvalue weighted by Crippen LogP contribution is 2.51. The van der Waals surface area contributed by atoms with Crippen LogP contribution in [0.2, 0.25) is 0 Å². The van der Waals surface area contributed by atoms with Crippen molar-refractivity contribution in [2.24, 2.45) is 0 Å². The smallest absolute Gasteiger partial charge is 0.160 e. The minimum atomic E-state index is 0.716. The highest BCUT2D eigenvalue weighted by atomic mass is 32.1. The van der Waals surface area contributed by atoms with Gasteiger partial charge in [-0.05, 0) is 60.7 Å². The average molecular weight is 719 g/mol. The van der Waals surface area contributed by atoms with Crippen LogP contribution in [0.15, 0.2) is 182 Å². The van der Waals surface area contributed by atoms with Crippen molar-refractivity contribution < 1.29 is 0 Å². The zero-order chi connectivity index (χ0) is 36.0. The van der Waals surface area contributed by atoms with Crippen LogP contribution in [-0.2, 0) is 0 Å². The van der Waals surface area contributed by atoms with Gasteiger partial charge < -0.3 is 9.13 Å². The largest absolute Gasteiger partial charge is 0.309 e. The number of aromatic nitrogens is 4. The summed E-state index contributed by atoms with van der Waals surface area (Å²) in [7, 11) is 0. The van der Waals surface area contributed by atoms with E-state index >= 15 is 0 Å². The maximum atomic E-state index is 5.17. The Hall–Kier alpha value is -7.08. The molecule has 0 atom stereocenters. The normalized spacial score (nSPS) is 12.0. The fourth-order valence-corrected chi connectivity index (χ4v) is 10.0. The number of hydrogen-bond acceptors (Lipinski definition) is 3. The average Bonchev–Trinajstić information content (AvgIpc) is 3.92. The van der Waals surface area contributed by atoms with E-state index in [0.717, 1.165) is 39.1 Å². The molecule has 0 saturated carbocycles. The first kappa shape index (κ1) is 30.4. The van der Waals surface area contributed by atoms with Crippen LogP contribution in [0.4, 0.5) is 0 Å². The number of benzene rings is 8. The molecule has 0 fully saturated rings. The van der Waals surface area contributed by atoms with Crippen LogP contribution in [0, 0.1) is 0 Å². The van der Waals surface area contributed by atoms with Crippen molar-refractivity contribution in [3.8, 4) is 34.0 Å². The lowest BCUT2D eigenvalue weighted by atomic mass is 10.0. The molecular weight excluding hydrogens is 689 g/mol. The number of nitrogens with zero attached hydrogens (tertiary/aromatic N) is 4. The summed E-state index contributed by atoms with van der Waals surface area (Å²) >= 11 is 1.89. The maximum absolute atomic E-state index is 5.17. The van der Waals surface area contributed by atoms with Crippen molar-refractivity contribution in [1.29, 1.82) is 0 Å². The van der Waals surface area contributed by atoms with E-state index in [0.29, 0.717) is 5.82 Å². The monoisotopic (exact) mass is 718 g/mol. The molecule has 0 aliphatic carbocycles. The van der Waals surface area contributed by atoms with Gasteiger partial charge in [-0.2, -0.15) is 0 Å². The van der Waals surface area contributed by atoms with Gasteiger partial charge >= 0.3 is 0 Å². The molecule has 5 heteroatoms. The van der Waals surface area contributed by atoms with Crippen molar-refractivity contribution in [3.05, 3.63) is 182 Å². The summed E-state index contributed by atoms with van der Waals surface area (Å²) in [4.78, 5) is 10.2. The van der Waals surface area contributed by atoms with Gasteiger partial charge in [0.15, 0.2) is 5.82 Å². The predicted octanol–water partition coefficient (Wildman–Crippen LogP) is 13.5. The molecule has 0 N–H and O–H groups in total. The number of hydrogen-bond donors (Lipinski definition) is 0. The quantitative estimate of drug-likeness (QED) is 0.182. The highest BCUT2D eigenvalue weighted by Gasteiger charge is 2.26. The SMILES string of the molecule is c1ccc(-c2nc(-c3ccc(-n4c5ccccc5c5c6c7ccccc7n(-c7ccccc7)c6c6sc7ccccc7c6c54)cc3)nc3ccccc23)cc1. The second-order valence-electron chi connectivity index (χ2n) is 14.1. The van der Waals surface area contributed by atoms with E-state index < -0.39 is 0 Å². The molecule has 12 rings (SSSR count). The Morgan fingerprint density at radius 2 is 0.927 bits per heavy atom. The number of para-hydroxylation sites is 4. The minimum Gasteiger partial charge on any atom is -0.309 e. The summed E-state index contributed by atoms with van der Waals surface area (Å²) in [5, 5.41) is 8.68. The standard InChI is InChI=1S/C50H30N4S/c1-3-15-31(16-4-1)46-35-19-7-11-23-39(35)51-50(52-46)32-27-29-34(30-28-32)53-40-24-12-8-20-36(40)43-44-37-21-9-13-25-41(37)54(33-17-5-2-6-18-33)48(44)49-45(47(43)53)38-22-10-14-26-42(38)55-49/h1-30H. The Bertz CT molecular complexity index is 3470. The van der Waals surface area contributed by atoms with E-state index in [1.807, 2.05) is 23.5 Å². The van der Waals surface area contributed by atoms with Crippen LogP contribution in [0.5, 0.6) is 0 Å². The molecule has 0 radical (unpaired) electrons. The van der Waals surface area contributed by atoms with Gasteiger partial charge in [0.1, 0.15) is 0 Å². The van der Waals surface area contributed by atoms with Gasteiger partial charge in [-0.3, -0.25) is 0 Å². The summed E-state index contributed by atoms with van der Waals surface area (Å²) in [5.41, 5.74) is 11.1. The summed E-state index contributed by atoms with van der Waals surface area (Å²) in [5.74, 6) is 0.716. The van der Waals surface area contributed by atoms with Crippen molar-refractivity contribution in [2.75, 3.05) is 0 Å². The van der Waals surface area contributed by atoms with E-state index in [4.69, 9.17) is 9.97 Å². The molecule has 4 nitrogen and oxygen atoms in total. The van der Waals surface area contributed by atoms with E-state index in [9.17, 15) is 0 Å². The first-order chi connectivity index (χ1) is 27.3. The molecule has 0 aliphatic heterocycles. The van der Waals surface area contributed by atoms with Gasteiger partial charge in [0, 0.05) is 64.9 Å². The van der Waals surface area contributed by atoms with E-state index in [1.54, 1.807) is 0 Å². The van der Waals surface area contributed by atoms with Gasteiger partial charge in [0.25, 0.3) is 0 Å². The topological polar surface area (TPSA) is 35.6 Å². The Morgan fingerprint density at radius 1 is 0.382 bits per heavy atom. The van der Waals surface area contributed by atoms with E-state index in [1.165, 1.54) is 63.8 Å². The maximum Gasteiger partial charge on any atom is 0.160 e. The first-order valence-corrected chi connectivity index (χ1v) is 19.4. The molecule has 0 saturated heterocycles. The van der Waals surface area contributed by atoms with Crippen LogP contribution in [0.1, 0.15) is 0 Å². The number of thiophene rings is 1. The number of fused-ring (bicyclic) bond motifs is 13. The summed E-state index contributed by atoms with van der Waals surface area (Å²) in [6.07, 6.45) is 0. The lowest BCUT2D eigenvalue weighted by Gasteiger charge is -2.13. The van der Waals surface area contributed by atoms with Crippen LogP contribution in [-0.4, -0.2) is 19.1 Å². The molecule has 55 heavy (non-hydrogen) atoms. The predicted molar refractivity (Wildman–Crippen MR) is 232 cm³/mol. The van der Waals surface area contributed by atoms with Gasteiger partial charge in [-0.15, -0.1) is 11.3 Å². The Kier molecular flexibility index (Phi) is 6.47. The second kappa shape index (κ2) is 11.7. The van der Waals surface area contributed by atoms with Crippen LogP contribution < -0.4 is 0 Å². The van der Waals surface area contributed by atoms with Crippen molar-refractivity contribution in [3.63, 3.8) is 0 Å². The molecule has 256 valence electrons. The molecule has 0 unspecified atom stereocenters. The van der Waals surface area contributed by atoms with Gasteiger partial charge in [-0.1, -0.05) is 121 Å². The molecule has 4 aromatic heterocycles. The van der Waals surface area contributed by atoms with E-state index in [2.05, 4.69) is 179 Å². The minimum absolute atomic E-state index is 0.716. The number of rotatable bonds is 4. The molecule has 0 bridgehead atoms. The Labute approximate surface area is 319 Å². The third-order valence-corrected chi connectivity index (χ3v) is 12.3. The van der Waals surface area contributed by atoms with Crippen molar-refractivity contribution in [1.82, 2.24) is 19.1 Å². The third-order valence-electron chi connectivity index (χ3n) is 11.1. The Balaban J connectivity index is 1.18. The molecule has 0 amide bonds. The molecule has 0 spiro atoms. The molecule has 12 aromatic rings.